The molecule has 1 atom stereocenters. The first-order valence-corrected chi connectivity index (χ1v) is 10.2. The number of aromatic amines is 1. The summed E-state index contributed by atoms with van der Waals surface area (Å²) >= 11 is 0. The summed E-state index contributed by atoms with van der Waals surface area (Å²) in [5, 5.41) is 23.1. The van der Waals surface area contributed by atoms with Crippen LogP contribution in [0.4, 0.5) is 0 Å². The maximum absolute atomic E-state index is 12.1. The minimum absolute atomic E-state index is 0.00625. The van der Waals surface area contributed by atoms with Crippen molar-refractivity contribution in [1.29, 1.82) is 0 Å². The van der Waals surface area contributed by atoms with E-state index in [1.165, 1.54) is 0 Å². The number of carboxylic acids is 1. The van der Waals surface area contributed by atoms with E-state index in [0.717, 1.165) is 23.0 Å². The Morgan fingerprint density at radius 2 is 1.97 bits per heavy atom. The van der Waals surface area contributed by atoms with Gasteiger partial charge in [0.05, 0.1) is 13.2 Å². The SMILES string of the molecule is CN(C)CCNC(=O)CN1CCN(C(C(=O)O)c2c[nH]c3ccc(CO)cc23)CC1. The molecule has 1 aliphatic heterocycles. The van der Waals surface area contributed by atoms with Crippen LogP contribution in [-0.4, -0.2) is 102 Å². The summed E-state index contributed by atoms with van der Waals surface area (Å²) in [7, 11) is 3.92. The van der Waals surface area contributed by atoms with Gasteiger partial charge in [0, 0.05) is 61.9 Å². The van der Waals surface area contributed by atoms with Gasteiger partial charge >= 0.3 is 5.97 Å². The van der Waals surface area contributed by atoms with E-state index < -0.39 is 12.0 Å². The fourth-order valence-corrected chi connectivity index (χ4v) is 3.86. The number of nitrogens with zero attached hydrogens (tertiary/aromatic N) is 3. The number of benzene rings is 1. The normalized spacial score (nSPS) is 16.8. The summed E-state index contributed by atoms with van der Waals surface area (Å²) in [6.07, 6.45) is 1.75. The molecule has 1 amide bonds. The molecule has 4 N–H and O–H groups in total. The molecule has 0 bridgehead atoms. The van der Waals surface area contributed by atoms with Gasteiger partial charge in [-0.25, -0.2) is 0 Å². The maximum Gasteiger partial charge on any atom is 0.325 e. The number of fused-ring (bicyclic) bond motifs is 1. The molecular formula is C21H31N5O4. The number of aliphatic hydroxyl groups is 1. The monoisotopic (exact) mass is 417 g/mol. The van der Waals surface area contributed by atoms with Crippen LogP contribution in [0, 0.1) is 0 Å². The number of carboxylic acid groups (broad SMARTS) is 1. The second kappa shape index (κ2) is 10.0. The van der Waals surface area contributed by atoms with Crippen molar-refractivity contribution in [3.63, 3.8) is 0 Å². The van der Waals surface area contributed by atoms with E-state index in [4.69, 9.17) is 0 Å². The zero-order valence-electron chi connectivity index (χ0n) is 17.6. The lowest BCUT2D eigenvalue weighted by Crippen LogP contribution is -2.51. The third kappa shape index (κ3) is 5.37. The van der Waals surface area contributed by atoms with Gasteiger partial charge in [-0.2, -0.15) is 0 Å². The zero-order chi connectivity index (χ0) is 21.7. The number of carbonyl (C=O) groups is 2. The number of aliphatic carboxylic acids is 1. The standard InChI is InChI=1S/C21H31N5O4/c1-24(2)6-5-22-19(28)13-25-7-9-26(10-8-25)20(21(29)30)17-12-23-18-4-3-15(14-27)11-16(17)18/h3-4,11-12,20,23,27H,5-10,13-14H2,1-2H3,(H,22,28)(H,29,30). The number of aromatic nitrogens is 1. The first kappa shape index (κ1) is 22.2. The number of aliphatic hydroxyl groups excluding tert-OH is 1. The van der Waals surface area contributed by atoms with Crippen LogP contribution in [0.25, 0.3) is 10.9 Å². The summed E-state index contributed by atoms with van der Waals surface area (Å²) in [5.74, 6) is -0.909. The van der Waals surface area contributed by atoms with Crippen molar-refractivity contribution >= 4 is 22.8 Å². The van der Waals surface area contributed by atoms with E-state index in [1.54, 1.807) is 6.20 Å². The highest BCUT2D eigenvalue weighted by Gasteiger charge is 2.32. The molecule has 1 fully saturated rings. The summed E-state index contributed by atoms with van der Waals surface area (Å²) < 4.78 is 0. The molecular weight excluding hydrogens is 386 g/mol. The summed E-state index contributed by atoms with van der Waals surface area (Å²) in [4.78, 5) is 33.4. The van der Waals surface area contributed by atoms with Crippen molar-refractivity contribution < 1.29 is 19.8 Å². The van der Waals surface area contributed by atoms with Crippen LogP contribution in [0.3, 0.4) is 0 Å². The van der Waals surface area contributed by atoms with Gasteiger partial charge in [-0.1, -0.05) is 6.07 Å². The molecule has 1 aliphatic rings. The third-order valence-electron chi connectivity index (χ3n) is 5.51. The van der Waals surface area contributed by atoms with Crippen molar-refractivity contribution in [2.45, 2.75) is 12.6 Å². The summed E-state index contributed by atoms with van der Waals surface area (Å²) in [5.41, 5.74) is 2.29. The van der Waals surface area contributed by atoms with Crippen molar-refractivity contribution in [2.24, 2.45) is 0 Å². The largest absolute Gasteiger partial charge is 0.480 e. The number of H-pyrrole nitrogens is 1. The number of piperazine rings is 1. The fourth-order valence-electron chi connectivity index (χ4n) is 3.86. The lowest BCUT2D eigenvalue weighted by atomic mass is 10.0. The predicted molar refractivity (Wildman–Crippen MR) is 114 cm³/mol. The Morgan fingerprint density at radius 3 is 2.60 bits per heavy atom. The second-order valence-corrected chi connectivity index (χ2v) is 7.99. The number of carbonyl (C=O) groups excluding carboxylic acids is 1. The molecule has 9 heteroatoms. The molecule has 2 heterocycles. The quantitative estimate of drug-likeness (QED) is 0.457. The van der Waals surface area contributed by atoms with E-state index in [9.17, 15) is 19.8 Å². The van der Waals surface area contributed by atoms with Crippen LogP contribution >= 0.6 is 0 Å². The average Bonchev–Trinajstić information content (AvgIpc) is 3.11. The number of amides is 1. The summed E-state index contributed by atoms with van der Waals surface area (Å²) in [6.45, 7) is 4.04. The third-order valence-corrected chi connectivity index (χ3v) is 5.51. The van der Waals surface area contributed by atoms with Gasteiger partial charge in [0.1, 0.15) is 6.04 Å². The van der Waals surface area contributed by atoms with Crippen LogP contribution in [0.15, 0.2) is 24.4 Å². The fraction of sp³-hybridized carbons (Fsp3) is 0.524. The van der Waals surface area contributed by atoms with Gasteiger partial charge in [0.25, 0.3) is 0 Å². The average molecular weight is 418 g/mol. The van der Waals surface area contributed by atoms with Gasteiger partial charge in [-0.05, 0) is 31.8 Å². The Labute approximate surface area is 176 Å². The highest BCUT2D eigenvalue weighted by molar-refractivity contribution is 5.89. The molecule has 30 heavy (non-hydrogen) atoms. The highest BCUT2D eigenvalue weighted by atomic mass is 16.4. The number of likely N-dealkylation sites (N-methyl/N-ethyl adjacent to an activating group) is 1. The molecule has 164 valence electrons. The smallest absolute Gasteiger partial charge is 0.325 e. The number of nitrogens with one attached hydrogen (secondary N) is 2. The Bertz CT molecular complexity index is 873. The predicted octanol–water partition coefficient (Wildman–Crippen LogP) is 0.0813. The van der Waals surface area contributed by atoms with Gasteiger partial charge in [0.2, 0.25) is 5.91 Å². The van der Waals surface area contributed by atoms with E-state index in [-0.39, 0.29) is 12.5 Å². The van der Waals surface area contributed by atoms with Crippen molar-refractivity contribution in [3.8, 4) is 0 Å². The molecule has 9 nitrogen and oxygen atoms in total. The molecule has 0 radical (unpaired) electrons. The van der Waals surface area contributed by atoms with Crippen molar-refractivity contribution in [3.05, 3.63) is 35.5 Å². The van der Waals surface area contributed by atoms with Gasteiger partial charge in [0.15, 0.2) is 0 Å². The van der Waals surface area contributed by atoms with E-state index in [0.29, 0.717) is 44.8 Å². The second-order valence-electron chi connectivity index (χ2n) is 7.99. The van der Waals surface area contributed by atoms with Gasteiger partial charge < -0.3 is 25.4 Å². The molecule has 2 aromatic rings. The number of hydrogen-bond donors (Lipinski definition) is 4. The molecule has 0 spiro atoms. The minimum Gasteiger partial charge on any atom is -0.480 e. The Morgan fingerprint density at radius 1 is 1.23 bits per heavy atom. The molecule has 3 rings (SSSR count). The first-order chi connectivity index (χ1) is 14.4. The molecule has 1 saturated heterocycles. The molecule has 1 aromatic heterocycles. The molecule has 1 aromatic carbocycles. The lowest BCUT2D eigenvalue weighted by molar-refractivity contribution is -0.144. The van der Waals surface area contributed by atoms with Crippen molar-refractivity contribution in [1.82, 2.24) is 25.0 Å². The lowest BCUT2D eigenvalue weighted by Gasteiger charge is -2.37. The van der Waals surface area contributed by atoms with Crippen LogP contribution in [0.1, 0.15) is 17.2 Å². The summed E-state index contributed by atoms with van der Waals surface area (Å²) in [6, 6.07) is 4.74. The highest BCUT2D eigenvalue weighted by Crippen LogP contribution is 2.30. The molecule has 1 unspecified atom stereocenters. The van der Waals surface area contributed by atoms with Gasteiger partial charge in [-0.15, -0.1) is 0 Å². The zero-order valence-corrected chi connectivity index (χ0v) is 17.6. The number of hydrogen-bond acceptors (Lipinski definition) is 6. The van der Waals surface area contributed by atoms with Crippen LogP contribution in [0.2, 0.25) is 0 Å². The molecule has 0 saturated carbocycles. The number of rotatable bonds is 9. The van der Waals surface area contributed by atoms with Crippen LogP contribution < -0.4 is 5.32 Å². The minimum atomic E-state index is -0.903. The Kier molecular flexibility index (Phi) is 7.43. The van der Waals surface area contributed by atoms with E-state index >= 15 is 0 Å². The van der Waals surface area contributed by atoms with Crippen LogP contribution in [-0.2, 0) is 16.2 Å². The van der Waals surface area contributed by atoms with E-state index in [2.05, 4.69) is 15.2 Å². The maximum atomic E-state index is 12.1. The molecule has 0 aliphatic carbocycles. The van der Waals surface area contributed by atoms with E-state index in [1.807, 2.05) is 42.1 Å². The Hall–Kier alpha value is -2.46. The van der Waals surface area contributed by atoms with Crippen molar-refractivity contribution in [2.75, 3.05) is 59.9 Å². The van der Waals surface area contributed by atoms with Crippen LogP contribution in [0.5, 0.6) is 0 Å². The first-order valence-electron chi connectivity index (χ1n) is 10.2. The topological polar surface area (TPSA) is 112 Å². The van der Waals surface area contributed by atoms with Gasteiger partial charge in [-0.3, -0.25) is 19.4 Å². The Balaban J connectivity index is 1.63.